The zero-order valence-electron chi connectivity index (χ0n) is 13.3. The summed E-state index contributed by atoms with van der Waals surface area (Å²) in [5.74, 6) is -0.0935. The lowest BCUT2D eigenvalue weighted by Gasteiger charge is -2.07. The number of carbonyl (C=O) groups is 1. The lowest BCUT2D eigenvalue weighted by Crippen LogP contribution is -2.13. The average molecular weight is 315 g/mol. The molecule has 0 saturated heterocycles. The molecule has 1 heterocycles. The quantitative estimate of drug-likeness (QED) is 0.366. The number of carbonyl (C=O) groups excluding carboxylic acids is 1. The van der Waals surface area contributed by atoms with Crippen LogP contribution in [0.4, 0.5) is 0 Å². The van der Waals surface area contributed by atoms with Gasteiger partial charge in [0, 0.05) is 13.5 Å². The van der Waals surface area contributed by atoms with Crippen molar-refractivity contribution in [2.24, 2.45) is 0 Å². The van der Waals surface area contributed by atoms with Gasteiger partial charge in [-0.3, -0.25) is 4.79 Å². The number of aromatic nitrogens is 3. The summed E-state index contributed by atoms with van der Waals surface area (Å²) >= 11 is 0. The smallest absolute Gasteiger partial charge is 0.181 e. The largest absolute Gasteiger partial charge is 0.379 e. The Balaban J connectivity index is 1.86. The third-order valence-corrected chi connectivity index (χ3v) is 2.68. The van der Waals surface area contributed by atoms with E-state index in [1.807, 2.05) is 6.92 Å². The van der Waals surface area contributed by atoms with E-state index < -0.39 is 0 Å². The fourth-order valence-corrected chi connectivity index (χ4v) is 1.53. The van der Waals surface area contributed by atoms with Gasteiger partial charge in [-0.05, 0) is 6.92 Å². The first-order valence-electron chi connectivity index (χ1n) is 7.46. The second kappa shape index (κ2) is 12.2. The van der Waals surface area contributed by atoms with Gasteiger partial charge in [0.1, 0.15) is 5.69 Å². The van der Waals surface area contributed by atoms with Crippen molar-refractivity contribution >= 4 is 5.78 Å². The van der Waals surface area contributed by atoms with E-state index in [1.165, 1.54) is 6.92 Å². The molecule has 1 aromatic rings. The van der Waals surface area contributed by atoms with E-state index in [0.29, 0.717) is 65.1 Å². The van der Waals surface area contributed by atoms with Crippen LogP contribution in [-0.2, 0) is 25.5 Å². The van der Waals surface area contributed by atoms with Gasteiger partial charge >= 0.3 is 0 Å². The van der Waals surface area contributed by atoms with Crippen LogP contribution in [0.25, 0.3) is 0 Å². The van der Waals surface area contributed by atoms with Gasteiger partial charge in [0.15, 0.2) is 5.78 Å². The maximum absolute atomic E-state index is 11.1. The normalized spacial score (nSPS) is 11.0. The number of nitrogens with zero attached hydrogens (tertiary/aromatic N) is 3. The number of Topliss-reactive ketones (excluding diaryl/α,β-unsaturated/α-hetero) is 1. The minimum atomic E-state index is -0.0935. The van der Waals surface area contributed by atoms with Gasteiger partial charge in [-0.15, -0.1) is 5.10 Å². The highest BCUT2D eigenvalue weighted by atomic mass is 16.6. The molecule has 126 valence electrons. The maximum atomic E-state index is 11.1. The van der Waals surface area contributed by atoms with Gasteiger partial charge in [0.25, 0.3) is 0 Å². The van der Waals surface area contributed by atoms with Gasteiger partial charge in [0.2, 0.25) is 0 Å². The van der Waals surface area contributed by atoms with Crippen LogP contribution < -0.4 is 0 Å². The molecule has 0 saturated carbocycles. The highest BCUT2D eigenvalue weighted by Crippen LogP contribution is 1.94. The summed E-state index contributed by atoms with van der Waals surface area (Å²) in [6.45, 7) is 8.51. The minimum absolute atomic E-state index is 0.0935. The fourth-order valence-electron chi connectivity index (χ4n) is 1.53. The summed E-state index contributed by atoms with van der Waals surface area (Å²) in [4.78, 5) is 11.1. The van der Waals surface area contributed by atoms with Gasteiger partial charge < -0.3 is 18.9 Å². The first-order valence-corrected chi connectivity index (χ1v) is 7.46. The Labute approximate surface area is 130 Å². The van der Waals surface area contributed by atoms with Crippen molar-refractivity contribution in [3.63, 3.8) is 0 Å². The van der Waals surface area contributed by atoms with E-state index in [0.717, 1.165) is 0 Å². The topological polar surface area (TPSA) is 84.7 Å². The molecule has 0 unspecified atom stereocenters. The molecule has 1 rings (SSSR count). The van der Waals surface area contributed by atoms with Gasteiger partial charge in [-0.25, -0.2) is 4.68 Å². The van der Waals surface area contributed by atoms with Crippen molar-refractivity contribution in [3.8, 4) is 0 Å². The first-order chi connectivity index (χ1) is 10.7. The SMILES string of the molecule is CCOCCOCCOCCOCCn1cc(C(C)=O)nn1. The first kappa shape index (κ1) is 18.7. The minimum Gasteiger partial charge on any atom is -0.379 e. The van der Waals surface area contributed by atoms with E-state index in [9.17, 15) is 4.79 Å². The van der Waals surface area contributed by atoms with Crippen LogP contribution >= 0.6 is 0 Å². The number of hydrogen-bond donors (Lipinski definition) is 0. The lowest BCUT2D eigenvalue weighted by atomic mass is 10.3. The molecular formula is C14H25N3O5. The second-order valence-electron chi connectivity index (χ2n) is 4.46. The van der Waals surface area contributed by atoms with Crippen molar-refractivity contribution < 1.29 is 23.7 Å². The molecule has 0 bridgehead atoms. The second-order valence-corrected chi connectivity index (χ2v) is 4.46. The molecule has 8 nitrogen and oxygen atoms in total. The third-order valence-electron chi connectivity index (χ3n) is 2.68. The monoisotopic (exact) mass is 315 g/mol. The predicted molar refractivity (Wildman–Crippen MR) is 79.0 cm³/mol. The summed E-state index contributed by atoms with van der Waals surface area (Å²) in [7, 11) is 0. The van der Waals surface area contributed by atoms with Crippen LogP contribution in [-0.4, -0.2) is 73.6 Å². The highest BCUT2D eigenvalue weighted by Gasteiger charge is 2.04. The standard InChI is InChI=1S/C14H25N3O5/c1-3-19-6-7-21-10-11-22-9-8-20-5-4-17-12-14(13(2)18)15-16-17/h12H,3-11H2,1-2H3. The molecule has 0 aliphatic rings. The van der Waals surface area contributed by atoms with E-state index >= 15 is 0 Å². The molecule has 22 heavy (non-hydrogen) atoms. The van der Waals surface area contributed by atoms with Gasteiger partial charge in [-0.1, -0.05) is 5.21 Å². The molecule has 8 heteroatoms. The van der Waals surface area contributed by atoms with E-state index in [4.69, 9.17) is 18.9 Å². The van der Waals surface area contributed by atoms with E-state index in [2.05, 4.69) is 10.3 Å². The Bertz CT molecular complexity index is 411. The van der Waals surface area contributed by atoms with E-state index in [1.54, 1.807) is 10.9 Å². The van der Waals surface area contributed by atoms with Gasteiger partial charge in [-0.2, -0.15) is 0 Å². The number of rotatable bonds is 14. The summed E-state index contributed by atoms with van der Waals surface area (Å²) < 4.78 is 22.8. The molecule has 0 aliphatic carbocycles. The highest BCUT2D eigenvalue weighted by molar-refractivity contribution is 5.91. The number of hydrogen-bond acceptors (Lipinski definition) is 7. The van der Waals surface area contributed by atoms with Crippen molar-refractivity contribution in [2.75, 3.05) is 52.9 Å². The summed E-state index contributed by atoms with van der Waals surface area (Å²) in [5, 5.41) is 7.59. The molecule has 0 aliphatic heterocycles. The number of ketones is 1. The van der Waals surface area contributed by atoms with Gasteiger partial charge in [0.05, 0.1) is 59.0 Å². The third kappa shape index (κ3) is 8.83. The molecule has 0 fully saturated rings. The Morgan fingerprint density at radius 1 is 1.00 bits per heavy atom. The van der Waals surface area contributed by atoms with Crippen LogP contribution in [0.15, 0.2) is 6.20 Å². The maximum Gasteiger partial charge on any atom is 0.181 e. The fraction of sp³-hybridized carbons (Fsp3) is 0.786. The van der Waals surface area contributed by atoms with Crippen LogP contribution in [0.3, 0.4) is 0 Å². The van der Waals surface area contributed by atoms with Crippen molar-refractivity contribution in [1.82, 2.24) is 15.0 Å². The molecular weight excluding hydrogens is 290 g/mol. The van der Waals surface area contributed by atoms with Crippen molar-refractivity contribution in [1.29, 1.82) is 0 Å². The Morgan fingerprint density at radius 3 is 2.05 bits per heavy atom. The Morgan fingerprint density at radius 2 is 1.55 bits per heavy atom. The van der Waals surface area contributed by atoms with Crippen LogP contribution in [0.1, 0.15) is 24.3 Å². The Kier molecular flexibility index (Phi) is 10.4. The summed E-state index contributed by atoms with van der Waals surface area (Å²) in [6, 6.07) is 0. The average Bonchev–Trinajstić information content (AvgIpc) is 2.97. The molecule has 0 amide bonds. The van der Waals surface area contributed by atoms with Crippen molar-refractivity contribution in [3.05, 3.63) is 11.9 Å². The number of ether oxygens (including phenoxy) is 4. The zero-order valence-corrected chi connectivity index (χ0v) is 13.3. The van der Waals surface area contributed by atoms with Crippen molar-refractivity contribution in [2.45, 2.75) is 20.4 Å². The van der Waals surface area contributed by atoms with Crippen LogP contribution in [0.2, 0.25) is 0 Å². The Hall–Kier alpha value is -1.35. The van der Waals surface area contributed by atoms with Crippen LogP contribution in [0.5, 0.6) is 0 Å². The molecule has 1 aromatic heterocycles. The zero-order chi connectivity index (χ0) is 16.0. The summed E-state index contributed by atoms with van der Waals surface area (Å²) in [5.41, 5.74) is 0.368. The predicted octanol–water partition coefficient (Wildman–Crippen LogP) is 0.567. The molecule has 0 radical (unpaired) electrons. The molecule has 0 spiro atoms. The molecule has 0 aromatic carbocycles. The summed E-state index contributed by atoms with van der Waals surface area (Å²) in [6.07, 6.45) is 1.61. The van der Waals surface area contributed by atoms with Crippen LogP contribution in [0, 0.1) is 0 Å². The lowest BCUT2D eigenvalue weighted by molar-refractivity contribution is -0.00151. The molecule has 0 atom stereocenters. The molecule has 0 N–H and O–H groups in total. The van der Waals surface area contributed by atoms with E-state index in [-0.39, 0.29) is 5.78 Å².